The summed E-state index contributed by atoms with van der Waals surface area (Å²) in [7, 11) is -3.99. The van der Waals surface area contributed by atoms with Gasteiger partial charge in [-0.3, -0.25) is 24.0 Å². The van der Waals surface area contributed by atoms with Gasteiger partial charge in [-0.15, -0.1) is 0 Å². The molecule has 1 N–H and O–H groups in total. The van der Waals surface area contributed by atoms with Crippen LogP contribution in [0.3, 0.4) is 0 Å². The molecule has 35 heavy (non-hydrogen) atoms. The van der Waals surface area contributed by atoms with E-state index in [1.54, 1.807) is 31.2 Å². The molecule has 2 aromatic rings. The third kappa shape index (κ3) is 8.22. The Morgan fingerprint density at radius 3 is 2.34 bits per heavy atom. The highest BCUT2D eigenvalue weighted by Gasteiger charge is 2.30. The number of hydrogen-bond donors (Lipinski definition) is 1. The first-order valence-corrected chi connectivity index (χ1v) is 13.1. The van der Waals surface area contributed by atoms with Gasteiger partial charge >= 0.3 is 0 Å². The number of nitro groups is 1. The zero-order valence-corrected chi connectivity index (χ0v) is 21.5. The van der Waals surface area contributed by atoms with Crippen LogP contribution in [0.5, 0.6) is 0 Å². The molecule has 12 heteroatoms. The number of hydrogen-bond acceptors (Lipinski definition) is 6. The lowest BCUT2D eigenvalue weighted by molar-refractivity contribution is -0.384. The van der Waals surface area contributed by atoms with Crippen molar-refractivity contribution >= 4 is 44.8 Å². The maximum atomic E-state index is 13.4. The summed E-state index contributed by atoms with van der Waals surface area (Å²) in [5, 5.41) is 14.4. The van der Waals surface area contributed by atoms with E-state index < -0.39 is 39.3 Å². The lowest BCUT2D eigenvalue weighted by Crippen LogP contribution is -2.51. The molecule has 0 saturated carbocycles. The first-order chi connectivity index (χ1) is 16.3. The number of sulfonamides is 1. The Morgan fingerprint density at radius 2 is 1.77 bits per heavy atom. The van der Waals surface area contributed by atoms with Crippen molar-refractivity contribution in [2.75, 3.05) is 23.7 Å². The summed E-state index contributed by atoms with van der Waals surface area (Å²) in [5.74, 6) is -0.859. The molecule has 1 atom stereocenters. The molecule has 0 heterocycles. The summed E-state index contributed by atoms with van der Waals surface area (Å²) >= 11 is 6.07. The number of non-ortho nitro benzene ring substituents is 1. The number of nitrogens with zero attached hydrogens (tertiary/aromatic N) is 3. The molecule has 2 amide bonds. The standard InChI is InChI=1S/C23H29ClN4O6S/c1-16(2)13-25-23(30)17(3)26(14-18-7-5-8-19(24)11-18)22(29)15-27(35(4,33)34)20-9-6-10-21(12-20)28(31)32/h5-12,16-17H,13-15H2,1-4H3,(H,25,30)/t17-/m0/s1. The van der Waals surface area contributed by atoms with Crippen LogP contribution in [0.25, 0.3) is 0 Å². The van der Waals surface area contributed by atoms with E-state index in [2.05, 4.69) is 5.32 Å². The van der Waals surface area contributed by atoms with Crippen molar-refractivity contribution in [3.63, 3.8) is 0 Å². The van der Waals surface area contributed by atoms with Gasteiger partial charge in [-0.25, -0.2) is 8.42 Å². The average Bonchev–Trinajstić information content (AvgIpc) is 2.78. The van der Waals surface area contributed by atoms with Gasteiger partial charge in [-0.05, 0) is 36.6 Å². The average molecular weight is 525 g/mol. The van der Waals surface area contributed by atoms with Gasteiger partial charge in [0.2, 0.25) is 21.8 Å². The van der Waals surface area contributed by atoms with E-state index in [4.69, 9.17) is 11.6 Å². The molecular weight excluding hydrogens is 496 g/mol. The number of halogens is 1. The van der Waals surface area contributed by atoms with Gasteiger partial charge < -0.3 is 10.2 Å². The minimum Gasteiger partial charge on any atom is -0.354 e. The van der Waals surface area contributed by atoms with Crippen molar-refractivity contribution < 1.29 is 22.9 Å². The van der Waals surface area contributed by atoms with Crippen LogP contribution in [0.4, 0.5) is 11.4 Å². The second-order valence-corrected chi connectivity index (χ2v) is 10.9. The summed E-state index contributed by atoms with van der Waals surface area (Å²) in [6, 6.07) is 10.8. The normalized spacial score (nSPS) is 12.2. The third-order valence-corrected chi connectivity index (χ3v) is 6.48. The van der Waals surface area contributed by atoms with Crippen molar-refractivity contribution in [1.82, 2.24) is 10.2 Å². The summed E-state index contributed by atoms with van der Waals surface area (Å²) in [6.45, 7) is 5.18. The minimum atomic E-state index is -3.99. The smallest absolute Gasteiger partial charge is 0.271 e. The Hall–Kier alpha value is -3.18. The molecule has 2 rings (SSSR count). The number of rotatable bonds is 11. The molecule has 0 fully saturated rings. The van der Waals surface area contributed by atoms with Crippen molar-refractivity contribution in [3.8, 4) is 0 Å². The maximum absolute atomic E-state index is 13.4. The molecule has 0 aromatic heterocycles. The highest BCUT2D eigenvalue weighted by molar-refractivity contribution is 7.92. The van der Waals surface area contributed by atoms with Crippen LogP contribution in [-0.4, -0.2) is 55.4 Å². The topological polar surface area (TPSA) is 130 Å². The Bertz CT molecular complexity index is 1190. The summed E-state index contributed by atoms with van der Waals surface area (Å²) in [6.07, 6.45) is 0.902. The number of anilines is 1. The van der Waals surface area contributed by atoms with Gasteiger partial charge in [0.25, 0.3) is 5.69 Å². The van der Waals surface area contributed by atoms with E-state index >= 15 is 0 Å². The van der Waals surface area contributed by atoms with Crippen LogP contribution in [0, 0.1) is 16.0 Å². The fourth-order valence-corrected chi connectivity index (χ4v) is 4.30. The fraction of sp³-hybridized carbons (Fsp3) is 0.391. The van der Waals surface area contributed by atoms with Gasteiger partial charge in [0.1, 0.15) is 12.6 Å². The molecule has 0 radical (unpaired) electrons. The van der Waals surface area contributed by atoms with Gasteiger partial charge in [0.15, 0.2) is 0 Å². The maximum Gasteiger partial charge on any atom is 0.271 e. The zero-order chi connectivity index (χ0) is 26.3. The number of carbonyl (C=O) groups is 2. The van der Waals surface area contributed by atoms with E-state index in [0.29, 0.717) is 17.1 Å². The van der Waals surface area contributed by atoms with Crippen LogP contribution < -0.4 is 9.62 Å². The summed E-state index contributed by atoms with van der Waals surface area (Å²) in [5.41, 5.74) is 0.297. The van der Waals surface area contributed by atoms with Gasteiger partial charge in [-0.1, -0.05) is 43.6 Å². The van der Waals surface area contributed by atoms with Crippen molar-refractivity contribution in [2.24, 2.45) is 5.92 Å². The number of benzene rings is 2. The zero-order valence-electron chi connectivity index (χ0n) is 20.0. The Kier molecular flexibility index (Phi) is 9.61. The van der Waals surface area contributed by atoms with Crippen molar-refractivity contribution in [3.05, 3.63) is 69.2 Å². The van der Waals surface area contributed by atoms with E-state index in [0.717, 1.165) is 16.6 Å². The number of nitro benzene ring substituents is 1. The lowest BCUT2D eigenvalue weighted by atomic mass is 10.1. The van der Waals surface area contributed by atoms with Crippen LogP contribution >= 0.6 is 11.6 Å². The molecule has 0 aliphatic carbocycles. The highest BCUT2D eigenvalue weighted by atomic mass is 35.5. The fourth-order valence-electron chi connectivity index (χ4n) is 3.24. The van der Waals surface area contributed by atoms with Crippen LogP contribution in [-0.2, 0) is 26.2 Å². The van der Waals surface area contributed by atoms with Crippen LogP contribution in [0.1, 0.15) is 26.3 Å². The van der Waals surface area contributed by atoms with Crippen LogP contribution in [0.2, 0.25) is 5.02 Å². The van der Waals surface area contributed by atoms with E-state index in [1.165, 1.54) is 23.1 Å². The van der Waals surface area contributed by atoms with E-state index in [1.807, 2.05) is 13.8 Å². The molecule has 0 bridgehead atoms. The lowest BCUT2D eigenvalue weighted by Gasteiger charge is -2.31. The molecule has 190 valence electrons. The largest absolute Gasteiger partial charge is 0.354 e. The van der Waals surface area contributed by atoms with Crippen molar-refractivity contribution in [2.45, 2.75) is 33.4 Å². The first-order valence-electron chi connectivity index (χ1n) is 10.8. The third-order valence-electron chi connectivity index (χ3n) is 5.10. The van der Waals surface area contributed by atoms with E-state index in [-0.39, 0.29) is 23.8 Å². The summed E-state index contributed by atoms with van der Waals surface area (Å²) < 4.78 is 25.9. The van der Waals surface area contributed by atoms with Crippen LogP contribution in [0.15, 0.2) is 48.5 Å². The highest BCUT2D eigenvalue weighted by Crippen LogP contribution is 2.24. The molecular formula is C23H29ClN4O6S. The minimum absolute atomic E-state index is 0.00218. The monoisotopic (exact) mass is 524 g/mol. The molecule has 10 nitrogen and oxygen atoms in total. The molecule has 0 aliphatic rings. The predicted octanol–water partition coefficient (Wildman–Crippen LogP) is 3.20. The number of amides is 2. The summed E-state index contributed by atoms with van der Waals surface area (Å²) in [4.78, 5) is 38.0. The molecule has 2 aromatic carbocycles. The molecule has 0 spiro atoms. The number of nitrogens with one attached hydrogen (secondary N) is 1. The first kappa shape index (κ1) is 28.1. The van der Waals surface area contributed by atoms with Gasteiger partial charge in [0.05, 0.1) is 16.9 Å². The molecule has 0 saturated heterocycles. The van der Waals surface area contributed by atoms with Gasteiger partial charge in [0, 0.05) is 30.2 Å². The SMILES string of the molecule is CC(C)CNC(=O)[C@H](C)N(Cc1cccc(Cl)c1)C(=O)CN(c1cccc([N+](=O)[O-])c1)S(C)(=O)=O. The van der Waals surface area contributed by atoms with Crippen molar-refractivity contribution in [1.29, 1.82) is 0 Å². The second-order valence-electron chi connectivity index (χ2n) is 8.51. The Balaban J connectivity index is 2.41. The number of carbonyl (C=O) groups excluding carboxylic acids is 2. The van der Waals surface area contributed by atoms with Gasteiger partial charge in [-0.2, -0.15) is 0 Å². The Morgan fingerprint density at radius 1 is 1.11 bits per heavy atom. The molecule has 0 unspecified atom stereocenters. The quantitative estimate of drug-likeness (QED) is 0.355. The molecule has 0 aliphatic heterocycles. The Labute approximate surface area is 210 Å². The predicted molar refractivity (Wildman–Crippen MR) is 135 cm³/mol. The second kappa shape index (κ2) is 12.0. The van der Waals surface area contributed by atoms with E-state index in [9.17, 15) is 28.1 Å².